The summed E-state index contributed by atoms with van der Waals surface area (Å²) < 4.78 is 1.83. The number of hydrogen-bond acceptors (Lipinski definition) is 2. The van der Waals surface area contributed by atoms with Crippen molar-refractivity contribution in [2.24, 2.45) is 13.0 Å². The third kappa shape index (κ3) is 3.51. The zero-order valence-corrected chi connectivity index (χ0v) is 12.8. The Kier molecular flexibility index (Phi) is 5.28. The van der Waals surface area contributed by atoms with Crippen LogP contribution < -0.4 is 0 Å². The molecule has 1 aliphatic carbocycles. The van der Waals surface area contributed by atoms with Crippen LogP contribution in [-0.2, 0) is 19.9 Å². The summed E-state index contributed by atoms with van der Waals surface area (Å²) >= 11 is 6.35. The molecule has 1 aromatic heterocycles. The monoisotopic (exact) mass is 284 g/mol. The molecule has 0 spiro atoms. The number of rotatable bonds is 4. The van der Waals surface area contributed by atoms with Crippen molar-refractivity contribution in [1.82, 2.24) is 9.78 Å². The van der Waals surface area contributed by atoms with Gasteiger partial charge in [0, 0.05) is 13.5 Å². The fourth-order valence-electron chi connectivity index (χ4n) is 3.10. The zero-order chi connectivity index (χ0) is 13.8. The fourth-order valence-corrected chi connectivity index (χ4v) is 3.47. The van der Waals surface area contributed by atoms with E-state index in [1.54, 1.807) is 0 Å². The number of nitrogens with zero attached hydrogens (tertiary/aromatic N) is 2. The van der Waals surface area contributed by atoms with Gasteiger partial charge in [0.15, 0.2) is 0 Å². The van der Waals surface area contributed by atoms with E-state index in [1.165, 1.54) is 25.7 Å². The summed E-state index contributed by atoms with van der Waals surface area (Å²) in [5.41, 5.74) is 1.92. The molecule has 19 heavy (non-hydrogen) atoms. The second-order valence-corrected chi connectivity index (χ2v) is 6.09. The molecule has 0 saturated heterocycles. The van der Waals surface area contributed by atoms with Crippen LogP contribution in [0.5, 0.6) is 0 Å². The lowest BCUT2D eigenvalue weighted by Gasteiger charge is -2.21. The number of aliphatic hydroxyl groups excluding tert-OH is 1. The zero-order valence-electron chi connectivity index (χ0n) is 12.0. The largest absolute Gasteiger partial charge is 0.392 e. The van der Waals surface area contributed by atoms with E-state index in [2.05, 4.69) is 12.0 Å². The van der Waals surface area contributed by atoms with Crippen LogP contribution in [0.4, 0.5) is 0 Å². The van der Waals surface area contributed by atoms with E-state index in [0.717, 1.165) is 35.7 Å². The first-order valence-corrected chi connectivity index (χ1v) is 7.89. The standard InChI is InChI=1S/C15H25ClN2O/c1-3-12-15(16)13(18(2)17-12)10-14(19)11-8-6-4-5-7-9-11/h11,14,19H,3-10H2,1-2H3. The molecule has 1 saturated carbocycles. The van der Waals surface area contributed by atoms with Crippen molar-refractivity contribution in [2.75, 3.05) is 0 Å². The molecule has 1 fully saturated rings. The molecule has 0 bridgehead atoms. The predicted octanol–water partition coefficient (Wildman–Crippen LogP) is 3.51. The molecule has 1 aromatic rings. The number of halogens is 1. The van der Waals surface area contributed by atoms with E-state index in [4.69, 9.17) is 11.6 Å². The summed E-state index contributed by atoms with van der Waals surface area (Å²) in [7, 11) is 1.92. The van der Waals surface area contributed by atoms with Gasteiger partial charge < -0.3 is 5.11 Å². The first-order chi connectivity index (χ1) is 9.13. The lowest BCUT2D eigenvalue weighted by Crippen LogP contribution is -2.23. The van der Waals surface area contributed by atoms with Crippen LogP contribution in [0.3, 0.4) is 0 Å². The molecule has 0 aromatic carbocycles. The highest BCUT2D eigenvalue weighted by atomic mass is 35.5. The molecule has 0 amide bonds. The molecule has 4 heteroatoms. The molecule has 1 heterocycles. The summed E-state index contributed by atoms with van der Waals surface area (Å²) in [6.45, 7) is 2.06. The van der Waals surface area contributed by atoms with Crippen LogP contribution in [0.15, 0.2) is 0 Å². The topological polar surface area (TPSA) is 38.0 Å². The molecular formula is C15H25ClN2O. The Bertz CT molecular complexity index is 409. The van der Waals surface area contributed by atoms with Gasteiger partial charge in [0.05, 0.1) is 22.5 Å². The minimum atomic E-state index is -0.282. The smallest absolute Gasteiger partial charge is 0.0850 e. The van der Waals surface area contributed by atoms with Gasteiger partial charge in [-0.1, -0.05) is 44.2 Å². The van der Waals surface area contributed by atoms with Crippen molar-refractivity contribution in [2.45, 2.75) is 64.4 Å². The Balaban J connectivity index is 2.05. The lowest BCUT2D eigenvalue weighted by atomic mass is 9.91. The second-order valence-electron chi connectivity index (χ2n) is 5.71. The average Bonchev–Trinajstić information content (AvgIpc) is 2.64. The van der Waals surface area contributed by atoms with Gasteiger partial charge in [-0.2, -0.15) is 5.10 Å². The second kappa shape index (κ2) is 6.76. The number of aromatic nitrogens is 2. The normalized spacial score (nSPS) is 19.4. The van der Waals surface area contributed by atoms with Gasteiger partial charge in [-0.05, 0) is 25.2 Å². The van der Waals surface area contributed by atoms with Crippen LogP contribution in [0.25, 0.3) is 0 Å². The molecule has 1 unspecified atom stereocenters. The van der Waals surface area contributed by atoms with Gasteiger partial charge in [0.2, 0.25) is 0 Å². The van der Waals surface area contributed by atoms with Crippen LogP contribution in [0.1, 0.15) is 56.8 Å². The SMILES string of the molecule is CCc1nn(C)c(CC(O)C2CCCCCC2)c1Cl. The summed E-state index contributed by atoms with van der Waals surface area (Å²) in [6.07, 6.45) is 8.62. The number of aliphatic hydroxyl groups is 1. The van der Waals surface area contributed by atoms with Gasteiger partial charge >= 0.3 is 0 Å². The molecule has 2 rings (SSSR count). The third-order valence-corrected chi connectivity index (χ3v) is 4.79. The first-order valence-electron chi connectivity index (χ1n) is 7.51. The van der Waals surface area contributed by atoms with Crippen molar-refractivity contribution < 1.29 is 5.11 Å². The minimum absolute atomic E-state index is 0.282. The van der Waals surface area contributed by atoms with E-state index in [-0.39, 0.29) is 6.10 Å². The Labute approximate surface area is 121 Å². The maximum absolute atomic E-state index is 10.5. The number of hydrogen-bond donors (Lipinski definition) is 1. The van der Waals surface area contributed by atoms with Crippen LogP contribution >= 0.6 is 11.6 Å². The Morgan fingerprint density at radius 2 is 1.95 bits per heavy atom. The molecule has 0 aliphatic heterocycles. The average molecular weight is 285 g/mol. The van der Waals surface area contributed by atoms with E-state index in [9.17, 15) is 5.11 Å². The maximum atomic E-state index is 10.5. The quantitative estimate of drug-likeness (QED) is 0.859. The summed E-state index contributed by atoms with van der Waals surface area (Å²) in [5.74, 6) is 0.429. The highest BCUT2D eigenvalue weighted by molar-refractivity contribution is 6.31. The van der Waals surface area contributed by atoms with Gasteiger partial charge in [-0.15, -0.1) is 0 Å². The molecule has 0 radical (unpaired) electrons. The van der Waals surface area contributed by atoms with Crippen molar-refractivity contribution in [3.05, 3.63) is 16.4 Å². The lowest BCUT2D eigenvalue weighted by molar-refractivity contribution is 0.0968. The molecule has 108 valence electrons. The summed E-state index contributed by atoms with van der Waals surface area (Å²) in [6, 6.07) is 0. The highest BCUT2D eigenvalue weighted by Gasteiger charge is 2.24. The molecule has 3 nitrogen and oxygen atoms in total. The number of aryl methyl sites for hydroxylation is 2. The third-order valence-electron chi connectivity index (χ3n) is 4.35. The van der Waals surface area contributed by atoms with E-state index in [0.29, 0.717) is 12.3 Å². The van der Waals surface area contributed by atoms with Crippen molar-refractivity contribution in [3.63, 3.8) is 0 Å². The van der Waals surface area contributed by atoms with Crippen molar-refractivity contribution in [1.29, 1.82) is 0 Å². The predicted molar refractivity (Wildman–Crippen MR) is 78.5 cm³/mol. The van der Waals surface area contributed by atoms with E-state index in [1.807, 2.05) is 11.7 Å². The Morgan fingerprint density at radius 3 is 2.47 bits per heavy atom. The maximum Gasteiger partial charge on any atom is 0.0850 e. The highest BCUT2D eigenvalue weighted by Crippen LogP contribution is 2.29. The van der Waals surface area contributed by atoms with Crippen LogP contribution in [-0.4, -0.2) is 21.0 Å². The van der Waals surface area contributed by atoms with Gasteiger partial charge in [0.25, 0.3) is 0 Å². The molecule has 1 aliphatic rings. The van der Waals surface area contributed by atoms with Crippen molar-refractivity contribution >= 4 is 11.6 Å². The van der Waals surface area contributed by atoms with Gasteiger partial charge in [0.1, 0.15) is 0 Å². The first kappa shape index (κ1) is 14.9. The van der Waals surface area contributed by atoms with Gasteiger partial charge in [-0.25, -0.2) is 0 Å². The summed E-state index contributed by atoms with van der Waals surface area (Å²) in [5, 5.41) is 15.7. The molecule has 1 N–H and O–H groups in total. The Hall–Kier alpha value is -0.540. The minimum Gasteiger partial charge on any atom is -0.392 e. The fraction of sp³-hybridized carbons (Fsp3) is 0.800. The van der Waals surface area contributed by atoms with Crippen molar-refractivity contribution in [3.8, 4) is 0 Å². The molecule has 1 atom stereocenters. The summed E-state index contributed by atoms with van der Waals surface area (Å²) in [4.78, 5) is 0. The van der Waals surface area contributed by atoms with Crippen LogP contribution in [0.2, 0.25) is 5.02 Å². The van der Waals surface area contributed by atoms with E-state index >= 15 is 0 Å². The molecular weight excluding hydrogens is 260 g/mol. The van der Waals surface area contributed by atoms with Gasteiger partial charge in [-0.3, -0.25) is 4.68 Å². The Morgan fingerprint density at radius 1 is 1.32 bits per heavy atom. The van der Waals surface area contributed by atoms with Crippen LogP contribution in [0, 0.1) is 5.92 Å². The van der Waals surface area contributed by atoms with E-state index < -0.39 is 0 Å².